The molecule has 0 aromatic rings. The summed E-state index contributed by atoms with van der Waals surface area (Å²) < 4.78 is 0. The summed E-state index contributed by atoms with van der Waals surface area (Å²) in [6, 6.07) is -0.612. The lowest BCUT2D eigenvalue weighted by atomic mass is 10.0. The minimum absolute atomic E-state index is 0.0761. The summed E-state index contributed by atoms with van der Waals surface area (Å²) in [6.07, 6.45) is 42.0. The number of hydrogen-bond donors (Lipinski definition) is 3. The predicted octanol–water partition coefficient (Wildman–Crippen LogP) is 11.1. The molecule has 0 radical (unpaired) electrons. The molecule has 4 heteroatoms. The van der Waals surface area contributed by atoms with Gasteiger partial charge < -0.3 is 15.5 Å². The van der Waals surface area contributed by atoms with E-state index in [0.717, 1.165) is 32.1 Å². The Labute approximate surface area is 263 Å². The number of allylic oxidation sites excluding steroid dienone is 1. The van der Waals surface area contributed by atoms with Gasteiger partial charge in [-0.25, -0.2) is 0 Å². The molecule has 0 saturated carbocycles. The van der Waals surface area contributed by atoms with Crippen LogP contribution in [0.5, 0.6) is 0 Å². The Bertz CT molecular complexity index is 565. The highest BCUT2D eigenvalue weighted by molar-refractivity contribution is 5.76. The fraction of sp³-hybridized carbons (Fsp3) is 0.921. The maximum atomic E-state index is 12.1. The Morgan fingerprint density at radius 3 is 1.24 bits per heavy atom. The lowest BCUT2D eigenvalue weighted by molar-refractivity contribution is -0.123. The van der Waals surface area contributed by atoms with E-state index in [1.807, 2.05) is 6.08 Å². The average molecular weight is 594 g/mol. The zero-order valence-electron chi connectivity index (χ0n) is 28.5. The summed E-state index contributed by atoms with van der Waals surface area (Å²) in [7, 11) is 0. The molecule has 0 fully saturated rings. The Kier molecular flexibility index (Phi) is 33.9. The molecule has 4 nitrogen and oxygen atoms in total. The van der Waals surface area contributed by atoms with Gasteiger partial charge in [0.2, 0.25) is 5.91 Å². The van der Waals surface area contributed by atoms with Gasteiger partial charge in [-0.3, -0.25) is 4.79 Å². The van der Waals surface area contributed by atoms with Crippen molar-refractivity contribution in [3.05, 3.63) is 12.2 Å². The van der Waals surface area contributed by atoms with Crippen LogP contribution >= 0.6 is 0 Å². The Hall–Kier alpha value is -0.870. The fourth-order valence-electron chi connectivity index (χ4n) is 5.82. The van der Waals surface area contributed by atoms with Crippen LogP contribution in [0.3, 0.4) is 0 Å². The highest BCUT2D eigenvalue weighted by Crippen LogP contribution is 2.16. The van der Waals surface area contributed by atoms with Crippen LogP contribution in [0.15, 0.2) is 12.2 Å². The van der Waals surface area contributed by atoms with Gasteiger partial charge in [-0.1, -0.05) is 193 Å². The summed E-state index contributed by atoms with van der Waals surface area (Å²) >= 11 is 0. The minimum atomic E-state index is -0.830. The number of aliphatic hydroxyl groups is 2. The van der Waals surface area contributed by atoms with Crippen molar-refractivity contribution in [2.45, 2.75) is 219 Å². The van der Waals surface area contributed by atoms with Gasteiger partial charge in [0, 0.05) is 6.42 Å². The van der Waals surface area contributed by atoms with Crippen LogP contribution in [0.25, 0.3) is 0 Å². The van der Waals surface area contributed by atoms with Crippen molar-refractivity contribution >= 4 is 5.91 Å². The maximum absolute atomic E-state index is 12.1. The summed E-state index contributed by atoms with van der Waals surface area (Å²) in [5.74, 6) is -0.0761. The Balaban J connectivity index is 3.41. The van der Waals surface area contributed by atoms with Gasteiger partial charge in [-0.2, -0.15) is 0 Å². The van der Waals surface area contributed by atoms with Crippen LogP contribution in [0.4, 0.5) is 0 Å². The lowest BCUT2D eigenvalue weighted by Gasteiger charge is -2.20. The second-order valence-electron chi connectivity index (χ2n) is 13.0. The van der Waals surface area contributed by atoms with E-state index in [1.54, 1.807) is 6.08 Å². The molecule has 0 aliphatic heterocycles. The van der Waals surface area contributed by atoms with Crippen LogP contribution in [0.2, 0.25) is 0 Å². The first-order valence-corrected chi connectivity index (χ1v) is 18.9. The molecule has 0 heterocycles. The largest absolute Gasteiger partial charge is 0.394 e. The van der Waals surface area contributed by atoms with Gasteiger partial charge in [0.05, 0.1) is 18.8 Å². The number of carbonyl (C=O) groups excluding carboxylic acids is 1. The van der Waals surface area contributed by atoms with Crippen LogP contribution in [0, 0.1) is 0 Å². The monoisotopic (exact) mass is 594 g/mol. The standard InChI is InChI=1S/C38H75NO3/c1-3-5-7-9-10-11-12-13-14-15-16-17-18-19-20-21-22-23-24-25-26-27-28-30-31-33-37(41)36(35-40)39-38(42)34-32-29-8-6-4-2/h31,33,36-37,40-41H,3-30,32,34-35H2,1-2H3,(H,39,42)/b33-31+. The van der Waals surface area contributed by atoms with Gasteiger partial charge in [-0.05, 0) is 19.3 Å². The highest BCUT2D eigenvalue weighted by Gasteiger charge is 2.17. The van der Waals surface area contributed by atoms with E-state index in [0.29, 0.717) is 6.42 Å². The molecule has 2 atom stereocenters. The number of aliphatic hydroxyl groups excluding tert-OH is 2. The van der Waals surface area contributed by atoms with Crippen molar-refractivity contribution in [3.8, 4) is 0 Å². The first kappa shape index (κ1) is 41.1. The van der Waals surface area contributed by atoms with Crippen LogP contribution in [0.1, 0.15) is 206 Å². The molecule has 0 rings (SSSR count). The van der Waals surface area contributed by atoms with Gasteiger partial charge in [0.1, 0.15) is 0 Å². The Morgan fingerprint density at radius 2 is 0.881 bits per heavy atom. The number of amides is 1. The first-order valence-electron chi connectivity index (χ1n) is 18.9. The summed E-state index contributed by atoms with van der Waals surface area (Å²) in [6.45, 7) is 4.23. The zero-order valence-corrected chi connectivity index (χ0v) is 28.5. The van der Waals surface area contributed by atoms with Gasteiger partial charge in [0.15, 0.2) is 0 Å². The predicted molar refractivity (Wildman–Crippen MR) is 184 cm³/mol. The van der Waals surface area contributed by atoms with E-state index in [9.17, 15) is 15.0 Å². The smallest absolute Gasteiger partial charge is 0.220 e. The molecular weight excluding hydrogens is 518 g/mol. The molecule has 2 unspecified atom stereocenters. The fourth-order valence-corrected chi connectivity index (χ4v) is 5.82. The summed E-state index contributed by atoms with van der Waals surface area (Å²) in [4.78, 5) is 12.1. The average Bonchev–Trinajstić information content (AvgIpc) is 2.99. The Morgan fingerprint density at radius 1 is 0.548 bits per heavy atom. The van der Waals surface area contributed by atoms with E-state index < -0.39 is 12.1 Å². The van der Waals surface area contributed by atoms with Crippen LogP contribution in [-0.2, 0) is 4.79 Å². The SMILES string of the molecule is CCCCCCCCCCCCCCCCCCCCCCCCC/C=C/C(O)C(CO)NC(=O)CCCCCCC. The lowest BCUT2D eigenvalue weighted by Crippen LogP contribution is -2.45. The topological polar surface area (TPSA) is 69.6 Å². The molecule has 1 amide bonds. The van der Waals surface area contributed by atoms with Crippen LogP contribution in [-0.4, -0.2) is 34.9 Å². The molecule has 0 saturated heterocycles. The normalized spacial score (nSPS) is 13.1. The van der Waals surface area contributed by atoms with Gasteiger partial charge in [0.25, 0.3) is 0 Å². The van der Waals surface area contributed by atoms with E-state index >= 15 is 0 Å². The van der Waals surface area contributed by atoms with Gasteiger partial charge >= 0.3 is 0 Å². The van der Waals surface area contributed by atoms with Crippen molar-refractivity contribution in [2.75, 3.05) is 6.61 Å². The highest BCUT2D eigenvalue weighted by atomic mass is 16.3. The third-order valence-electron chi connectivity index (χ3n) is 8.77. The number of hydrogen-bond acceptors (Lipinski definition) is 3. The number of unbranched alkanes of at least 4 members (excludes halogenated alkanes) is 27. The van der Waals surface area contributed by atoms with E-state index in [4.69, 9.17) is 0 Å². The van der Waals surface area contributed by atoms with E-state index in [-0.39, 0.29) is 12.5 Å². The first-order chi connectivity index (χ1) is 20.7. The molecule has 250 valence electrons. The maximum Gasteiger partial charge on any atom is 0.220 e. The number of nitrogens with one attached hydrogen (secondary N) is 1. The van der Waals surface area contributed by atoms with Crippen LogP contribution < -0.4 is 5.32 Å². The molecule has 0 aliphatic rings. The second-order valence-corrected chi connectivity index (χ2v) is 13.0. The molecule has 0 aromatic carbocycles. The van der Waals surface area contributed by atoms with Crippen molar-refractivity contribution in [2.24, 2.45) is 0 Å². The minimum Gasteiger partial charge on any atom is -0.394 e. The third kappa shape index (κ3) is 30.6. The van der Waals surface area contributed by atoms with Crippen molar-refractivity contribution in [1.82, 2.24) is 5.32 Å². The number of carbonyl (C=O) groups is 1. The van der Waals surface area contributed by atoms with Gasteiger partial charge in [-0.15, -0.1) is 0 Å². The molecule has 0 aliphatic carbocycles. The van der Waals surface area contributed by atoms with E-state index in [1.165, 1.54) is 154 Å². The van der Waals surface area contributed by atoms with Crippen molar-refractivity contribution in [3.63, 3.8) is 0 Å². The molecule has 0 bridgehead atoms. The molecule has 0 aromatic heterocycles. The third-order valence-corrected chi connectivity index (χ3v) is 8.77. The zero-order chi connectivity index (χ0) is 30.8. The number of rotatable bonds is 34. The van der Waals surface area contributed by atoms with Crippen molar-refractivity contribution in [1.29, 1.82) is 0 Å². The summed E-state index contributed by atoms with van der Waals surface area (Å²) in [5, 5.41) is 22.7. The molecule has 0 spiro atoms. The molecule has 3 N–H and O–H groups in total. The molecular formula is C38H75NO3. The molecule has 42 heavy (non-hydrogen) atoms. The quantitative estimate of drug-likeness (QED) is 0.0513. The van der Waals surface area contributed by atoms with Crippen molar-refractivity contribution < 1.29 is 15.0 Å². The van der Waals surface area contributed by atoms with E-state index in [2.05, 4.69) is 19.2 Å². The summed E-state index contributed by atoms with van der Waals surface area (Å²) in [5.41, 5.74) is 0. The second kappa shape index (κ2) is 34.6.